The molecule has 3 heteroatoms. The molecule has 0 amide bonds. The fraction of sp³-hybridized carbons (Fsp3) is 0.250. The summed E-state index contributed by atoms with van der Waals surface area (Å²) in [4.78, 5) is 0. The molecule has 0 spiro atoms. The largest absolute Gasteiger partial charge is 0.496 e. The first-order chi connectivity index (χ1) is 9.28. The van der Waals surface area contributed by atoms with E-state index in [0.29, 0.717) is 5.75 Å². The fourth-order valence-electron chi connectivity index (χ4n) is 2.41. The van der Waals surface area contributed by atoms with E-state index in [2.05, 4.69) is 6.07 Å². The van der Waals surface area contributed by atoms with Gasteiger partial charge in [-0.3, -0.25) is 0 Å². The Labute approximate surface area is 111 Å². The van der Waals surface area contributed by atoms with E-state index in [1.54, 1.807) is 13.2 Å². The Hall–Kier alpha value is -2.03. The van der Waals surface area contributed by atoms with Gasteiger partial charge in [0, 0.05) is 11.6 Å². The average molecular weight is 258 g/mol. The van der Waals surface area contributed by atoms with E-state index in [1.807, 2.05) is 12.1 Å². The lowest BCUT2D eigenvalue weighted by molar-refractivity contribution is 0.288. The van der Waals surface area contributed by atoms with Crippen LogP contribution >= 0.6 is 0 Å². The number of ether oxygens (including phenoxy) is 2. The zero-order valence-corrected chi connectivity index (χ0v) is 10.8. The summed E-state index contributed by atoms with van der Waals surface area (Å²) in [6.45, 7) is 0.761. The second-order valence-electron chi connectivity index (χ2n) is 4.62. The van der Waals surface area contributed by atoms with Crippen molar-refractivity contribution >= 4 is 0 Å². The molecule has 1 heterocycles. The first-order valence-corrected chi connectivity index (χ1v) is 6.37. The van der Waals surface area contributed by atoms with Crippen LogP contribution < -0.4 is 9.47 Å². The fourth-order valence-corrected chi connectivity index (χ4v) is 2.41. The molecule has 19 heavy (non-hydrogen) atoms. The third-order valence-corrected chi connectivity index (χ3v) is 3.39. The number of methoxy groups -OCH3 is 1. The van der Waals surface area contributed by atoms with Crippen molar-refractivity contribution in [3.05, 3.63) is 47.8 Å². The Kier molecular flexibility index (Phi) is 3.11. The van der Waals surface area contributed by atoms with Crippen molar-refractivity contribution in [2.45, 2.75) is 12.8 Å². The topological polar surface area (TPSA) is 18.5 Å². The molecular weight excluding hydrogens is 243 g/mol. The van der Waals surface area contributed by atoms with Gasteiger partial charge in [0.2, 0.25) is 0 Å². The molecule has 0 atom stereocenters. The van der Waals surface area contributed by atoms with Crippen LogP contribution in [-0.4, -0.2) is 13.7 Å². The van der Waals surface area contributed by atoms with Crippen molar-refractivity contribution in [3.8, 4) is 22.6 Å². The molecule has 0 bridgehead atoms. The number of aryl methyl sites for hydroxylation is 1. The van der Waals surface area contributed by atoms with Gasteiger partial charge in [-0.05, 0) is 42.2 Å². The maximum atomic E-state index is 13.2. The quantitative estimate of drug-likeness (QED) is 0.815. The number of benzene rings is 2. The molecule has 2 nitrogen and oxygen atoms in total. The van der Waals surface area contributed by atoms with Gasteiger partial charge >= 0.3 is 0 Å². The van der Waals surface area contributed by atoms with E-state index >= 15 is 0 Å². The molecule has 98 valence electrons. The highest BCUT2D eigenvalue weighted by Gasteiger charge is 2.13. The van der Waals surface area contributed by atoms with Crippen molar-refractivity contribution in [1.82, 2.24) is 0 Å². The zero-order chi connectivity index (χ0) is 13.2. The second kappa shape index (κ2) is 4.92. The van der Waals surface area contributed by atoms with Crippen LogP contribution in [-0.2, 0) is 6.42 Å². The molecule has 0 aromatic heterocycles. The first kappa shape index (κ1) is 12.0. The lowest BCUT2D eigenvalue weighted by Crippen LogP contribution is -2.08. The Morgan fingerprint density at radius 1 is 1.16 bits per heavy atom. The molecule has 0 radical (unpaired) electrons. The summed E-state index contributed by atoms with van der Waals surface area (Å²) in [6, 6.07) is 10.7. The Morgan fingerprint density at radius 2 is 2.05 bits per heavy atom. The summed E-state index contributed by atoms with van der Waals surface area (Å²) in [6.07, 6.45) is 2.11. The minimum atomic E-state index is -0.296. The molecular formula is C16H15FO2. The van der Waals surface area contributed by atoms with Gasteiger partial charge in [-0.1, -0.05) is 12.1 Å². The average Bonchev–Trinajstić information content (AvgIpc) is 2.46. The summed E-state index contributed by atoms with van der Waals surface area (Å²) in [5.74, 6) is 1.17. The standard InChI is InChI=1S/C16H15FO2/c1-18-16-10-13(17)6-7-14(16)12-5-4-11-3-2-8-19-15(11)9-12/h4-7,9-10H,2-3,8H2,1H3. The van der Waals surface area contributed by atoms with Gasteiger partial charge in [0.05, 0.1) is 13.7 Å². The van der Waals surface area contributed by atoms with E-state index in [0.717, 1.165) is 36.3 Å². The van der Waals surface area contributed by atoms with Crippen molar-refractivity contribution in [2.24, 2.45) is 0 Å². The van der Waals surface area contributed by atoms with Crippen molar-refractivity contribution < 1.29 is 13.9 Å². The third-order valence-electron chi connectivity index (χ3n) is 3.39. The minimum absolute atomic E-state index is 0.296. The van der Waals surface area contributed by atoms with Crippen LogP contribution in [0.2, 0.25) is 0 Å². The van der Waals surface area contributed by atoms with E-state index in [9.17, 15) is 4.39 Å². The second-order valence-corrected chi connectivity index (χ2v) is 4.62. The Balaban J connectivity index is 2.07. The molecule has 3 rings (SSSR count). The van der Waals surface area contributed by atoms with Crippen molar-refractivity contribution in [3.63, 3.8) is 0 Å². The van der Waals surface area contributed by atoms with Gasteiger partial charge in [0.15, 0.2) is 0 Å². The molecule has 0 aliphatic carbocycles. The molecule has 1 aliphatic rings. The lowest BCUT2D eigenvalue weighted by Gasteiger charge is -2.18. The van der Waals surface area contributed by atoms with Crippen LogP contribution in [0.15, 0.2) is 36.4 Å². The van der Waals surface area contributed by atoms with Gasteiger partial charge in [-0.15, -0.1) is 0 Å². The molecule has 0 unspecified atom stereocenters. The van der Waals surface area contributed by atoms with Gasteiger partial charge < -0.3 is 9.47 Å². The predicted octanol–water partition coefficient (Wildman–Crippen LogP) is 3.83. The van der Waals surface area contributed by atoms with Crippen LogP contribution in [0.4, 0.5) is 4.39 Å². The molecule has 0 fully saturated rings. The SMILES string of the molecule is COc1cc(F)ccc1-c1ccc2c(c1)OCCC2. The number of fused-ring (bicyclic) bond motifs is 1. The van der Waals surface area contributed by atoms with E-state index in [4.69, 9.17) is 9.47 Å². The Morgan fingerprint density at radius 3 is 2.89 bits per heavy atom. The van der Waals surface area contributed by atoms with Crippen molar-refractivity contribution in [2.75, 3.05) is 13.7 Å². The number of hydrogen-bond donors (Lipinski definition) is 0. The molecule has 1 aliphatic heterocycles. The predicted molar refractivity (Wildman–Crippen MR) is 72.2 cm³/mol. The monoisotopic (exact) mass is 258 g/mol. The van der Waals surface area contributed by atoms with E-state index in [1.165, 1.54) is 17.7 Å². The molecule has 2 aromatic carbocycles. The number of halogens is 1. The minimum Gasteiger partial charge on any atom is -0.496 e. The highest BCUT2D eigenvalue weighted by molar-refractivity contribution is 5.72. The maximum Gasteiger partial charge on any atom is 0.129 e. The summed E-state index contributed by atoms with van der Waals surface area (Å²) in [5, 5.41) is 0. The Bertz CT molecular complexity index is 608. The summed E-state index contributed by atoms with van der Waals surface area (Å²) < 4.78 is 24.1. The van der Waals surface area contributed by atoms with Crippen molar-refractivity contribution in [1.29, 1.82) is 0 Å². The van der Waals surface area contributed by atoms with Crippen LogP contribution in [0, 0.1) is 5.82 Å². The lowest BCUT2D eigenvalue weighted by atomic mass is 9.99. The van der Waals surface area contributed by atoms with Gasteiger partial charge in [-0.2, -0.15) is 0 Å². The normalized spacial score (nSPS) is 13.6. The maximum absolute atomic E-state index is 13.2. The highest BCUT2D eigenvalue weighted by atomic mass is 19.1. The summed E-state index contributed by atoms with van der Waals surface area (Å²) >= 11 is 0. The third kappa shape index (κ3) is 2.28. The summed E-state index contributed by atoms with van der Waals surface area (Å²) in [5.41, 5.74) is 3.09. The summed E-state index contributed by atoms with van der Waals surface area (Å²) in [7, 11) is 1.55. The van der Waals surface area contributed by atoms with Gasteiger partial charge in [0.1, 0.15) is 17.3 Å². The molecule has 0 N–H and O–H groups in total. The van der Waals surface area contributed by atoms with Gasteiger partial charge in [-0.25, -0.2) is 4.39 Å². The molecule has 2 aromatic rings. The van der Waals surface area contributed by atoms with Crippen LogP contribution in [0.3, 0.4) is 0 Å². The number of hydrogen-bond acceptors (Lipinski definition) is 2. The van der Waals surface area contributed by atoms with E-state index < -0.39 is 0 Å². The smallest absolute Gasteiger partial charge is 0.129 e. The molecule has 0 saturated carbocycles. The zero-order valence-electron chi connectivity index (χ0n) is 10.8. The van der Waals surface area contributed by atoms with Crippen LogP contribution in [0.1, 0.15) is 12.0 Å². The first-order valence-electron chi connectivity index (χ1n) is 6.37. The van der Waals surface area contributed by atoms with Crippen LogP contribution in [0.5, 0.6) is 11.5 Å². The van der Waals surface area contributed by atoms with Gasteiger partial charge in [0.25, 0.3) is 0 Å². The molecule has 0 saturated heterocycles. The number of rotatable bonds is 2. The highest BCUT2D eigenvalue weighted by Crippen LogP contribution is 2.35. The van der Waals surface area contributed by atoms with E-state index in [-0.39, 0.29) is 5.82 Å². The van der Waals surface area contributed by atoms with Crippen LogP contribution in [0.25, 0.3) is 11.1 Å².